The molecule has 0 saturated heterocycles. The second-order valence-electron chi connectivity index (χ2n) is 3.62. The summed E-state index contributed by atoms with van der Waals surface area (Å²) in [6, 6.07) is 6.28. The van der Waals surface area contributed by atoms with Crippen molar-refractivity contribution in [2.75, 3.05) is 6.54 Å². The van der Waals surface area contributed by atoms with Crippen LogP contribution in [0.25, 0.3) is 0 Å². The van der Waals surface area contributed by atoms with E-state index in [-0.39, 0.29) is 23.6 Å². The summed E-state index contributed by atoms with van der Waals surface area (Å²) in [7, 11) is 0. The van der Waals surface area contributed by atoms with Gasteiger partial charge in [-0.3, -0.25) is 9.59 Å². The predicted octanol–water partition coefficient (Wildman–Crippen LogP) is 1.38. The maximum Gasteiger partial charge on any atom is 0.303 e. The molecule has 0 heterocycles. The van der Waals surface area contributed by atoms with Crippen LogP contribution in [0, 0.1) is 0 Å². The Morgan fingerprint density at radius 3 is 2.53 bits per heavy atom. The topological polar surface area (TPSA) is 86.6 Å². The lowest BCUT2D eigenvalue weighted by atomic mass is 10.2. The highest BCUT2D eigenvalue weighted by Gasteiger charge is 2.08. The molecule has 1 amide bonds. The molecular weight excluding hydrogens is 222 g/mol. The van der Waals surface area contributed by atoms with Gasteiger partial charge in [0.05, 0.1) is 5.56 Å². The van der Waals surface area contributed by atoms with Gasteiger partial charge in [-0.05, 0) is 25.0 Å². The van der Waals surface area contributed by atoms with Crippen molar-refractivity contribution in [1.29, 1.82) is 0 Å². The third kappa shape index (κ3) is 4.55. The van der Waals surface area contributed by atoms with Gasteiger partial charge in [-0.2, -0.15) is 0 Å². The molecule has 0 aliphatic rings. The van der Waals surface area contributed by atoms with Crippen LogP contribution in [0.5, 0.6) is 5.75 Å². The summed E-state index contributed by atoms with van der Waals surface area (Å²) in [5.74, 6) is -1.24. The molecule has 0 aliphatic heterocycles. The Labute approximate surface area is 99.1 Å². The second kappa shape index (κ2) is 6.52. The molecule has 1 rings (SSSR count). The molecule has 0 aromatic heterocycles. The van der Waals surface area contributed by atoms with E-state index in [1.165, 1.54) is 12.1 Å². The average molecular weight is 237 g/mol. The van der Waals surface area contributed by atoms with Gasteiger partial charge in [0.25, 0.3) is 5.91 Å². The first kappa shape index (κ1) is 13.0. The average Bonchev–Trinajstić information content (AvgIpc) is 2.28. The number of hydrogen-bond acceptors (Lipinski definition) is 3. The third-order valence-corrected chi connectivity index (χ3v) is 2.25. The Morgan fingerprint density at radius 2 is 1.88 bits per heavy atom. The lowest BCUT2D eigenvalue weighted by Gasteiger charge is -2.05. The van der Waals surface area contributed by atoms with Crippen LogP contribution in [0.4, 0.5) is 0 Å². The number of carboxylic acids is 1. The van der Waals surface area contributed by atoms with Crippen LogP contribution >= 0.6 is 0 Å². The molecule has 0 fully saturated rings. The number of benzene rings is 1. The summed E-state index contributed by atoms with van der Waals surface area (Å²) >= 11 is 0. The van der Waals surface area contributed by atoms with Crippen LogP contribution in [0.1, 0.15) is 29.6 Å². The van der Waals surface area contributed by atoms with Crippen LogP contribution < -0.4 is 5.32 Å². The highest BCUT2D eigenvalue weighted by atomic mass is 16.4. The van der Waals surface area contributed by atoms with E-state index in [0.29, 0.717) is 19.4 Å². The Balaban J connectivity index is 2.31. The number of rotatable bonds is 6. The van der Waals surface area contributed by atoms with E-state index < -0.39 is 5.97 Å². The number of para-hydroxylation sites is 1. The van der Waals surface area contributed by atoms with E-state index in [1.54, 1.807) is 12.1 Å². The maximum absolute atomic E-state index is 11.6. The Kier molecular flexibility index (Phi) is 5.00. The van der Waals surface area contributed by atoms with Crippen molar-refractivity contribution in [3.63, 3.8) is 0 Å². The van der Waals surface area contributed by atoms with Crippen LogP contribution in [0.2, 0.25) is 0 Å². The normalized spacial score (nSPS) is 9.88. The van der Waals surface area contributed by atoms with E-state index in [9.17, 15) is 14.7 Å². The minimum absolute atomic E-state index is 0.0597. The summed E-state index contributed by atoms with van der Waals surface area (Å²) < 4.78 is 0. The zero-order chi connectivity index (χ0) is 12.7. The molecule has 0 unspecified atom stereocenters. The molecule has 3 N–H and O–H groups in total. The van der Waals surface area contributed by atoms with Gasteiger partial charge in [0, 0.05) is 13.0 Å². The molecule has 0 spiro atoms. The molecule has 1 aromatic carbocycles. The number of amides is 1. The summed E-state index contributed by atoms with van der Waals surface area (Å²) in [4.78, 5) is 21.8. The highest BCUT2D eigenvalue weighted by Crippen LogP contribution is 2.14. The molecule has 5 heteroatoms. The van der Waals surface area contributed by atoms with Gasteiger partial charge >= 0.3 is 5.97 Å². The SMILES string of the molecule is O=C(O)CCCCNC(=O)c1ccccc1O. The number of phenolic OH excluding ortho intramolecular Hbond substituents is 1. The Morgan fingerprint density at radius 1 is 1.18 bits per heavy atom. The lowest BCUT2D eigenvalue weighted by molar-refractivity contribution is -0.137. The number of phenols is 1. The van der Waals surface area contributed by atoms with Crippen molar-refractivity contribution in [3.8, 4) is 5.75 Å². The number of unbranched alkanes of at least 4 members (excludes halogenated alkanes) is 1. The van der Waals surface area contributed by atoms with Crippen molar-refractivity contribution >= 4 is 11.9 Å². The van der Waals surface area contributed by atoms with Gasteiger partial charge in [0.15, 0.2) is 0 Å². The van der Waals surface area contributed by atoms with Crippen molar-refractivity contribution in [2.45, 2.75) is 19.3 Å². The number of carboxylic acid groups (broad SMARTS) is 1. The van der Waals surface area contributed by atoms with E-state index in [4.69, 9.17) is 5.11 Å². The van der Waals surface area contributed by atoms with E-state index in [1.807, 2.05) is 0 Å². The molecule has 0 aliphatic carbocycles. The van der Waals surface area contributed by atoms with Gasteiger partial charge in [0.2, 0.25) is 0 Å². The van der Waals surface area contributed by atoms with Crippen LogP contribution in [-0.2, 0) is 4.79 Å². The van der Waals surface area contributed by atoms with Crippen LogP contribution in [0.3, 0.4) is 0 Å². The minimum atomic E-state index is -0.836. The maximum atomic E-state index is 11.6. The molecule has 1 aromatic rings. The smallest absolute Gasteiger partial charge is 0.303 e. The number of nitrogens with one attached hydrogen (secondary N) is 1. The number of hydrogen-bond donors (Lipinski definition) is 3. The zero-order valence-electron chi connectivity index (χ0n) is 9.35. The van der Waals surface area contributed by atoms with Crippen LogP contribution in [0.15, 0.2) is 24.3 Å². The quantitative estimate of drug-likeness (QED) is 0.652. The molecule has 0 atom stereocenters. The zero-order valence-corrected chi connectivity index (χ0v) is 9.35. The van der Waals surface area contributed by atoms with Gasteiger partial charge in [-0.15, -0.1) is 0 Å². The Hall–Kier alpha value is -2.04. The standard InChI is InChI=1S/C12H15NO4/c14-10-6-2-1-5-9(10)12(17)13-8-4-3-7-11(15)16/h1-2,5-6,14H,3-4,7-8H2,(H,13,17)(H,15,16). The van der Waals surface area contributed by atoms with Crippen LogP contribution in [-0.4, -0.2) is 28.6 Å². The molecule has 0 bridgehead atoms. The summed E-state index contributed by atoms with van der Waals surface area (Å²) in [5.41, 5.74) is 0.228. The van der Waals surface area contributed by atoms with E-state index >= 15 is 0 Å². The van der Waals surface area contributed by atoms with Crippen molar-refractivity contribution < 1.29 is 19.8 Å². The largest absolute Gasteiger partial charge is 0.507 e. The monoisotopic (exact) mass is 237 g/mol. The fourth-order valence-electron chi connectivity index (χ4n) is 1.36. The highest BCUT2D eigenvalue weighted by molar-refractivity contribution is 5.96. The first-order valence-corrected chi connectivity index (χ1v) is 5.39. The predicted molar refractivity (Wildman–Crippen MR) is 61.9 cm³/mol. The molecule has 17 heavy (non-hydrogen) atoms. The van der Waals surface area contributed by atoms with Crippen molar-refractivity contribution in [2.24, 2.45) is 0 Å². The first-order valence-electron chi connectivity index (χ1n) is 5.39. The second-order valence-corrected chi connectivity index (χ2v) is 3.62. The van der Waals surface area contributed by atoms with E-state index in [2.05, 4.69) is 5.32 Å². The number of carbonyl (C=O) groups excluding carboxylic acids is 1. The summed E-state index contributed by atoms with van der Waals surface area (Å²) in [6.07, 6.45) is 1.23. The van der Waals surface area contributed by atoms with Gasteiger partial charge in [-0.25, -0.2) is 0 Å². The van der Waals surface area contributed by atoms with E-state index in [0.717, 1.165) is 0 Å². The van der Waals surface area contributed by atoms with Crippen molar-refractivity contribution in [1.82, 2.24) is 5.32 Å². The minimum Gasteiger partial charge on any atom is -0.507 e. The first-order chi connectivity index (χ1) is 8.11. The van der Waals surface area contributed by atoms with Crippen molar-refractivity contribution in [3.05, 3.63) is 29.8 Å². The lowest BCUT2D eigenvalue weighted by Crippen LogP contribution is -2.24. The van der Waals surface area contributed by atoms with Gasteiger partial charge in [-0.1, -0.05) is 12.1 Å². The third-order valence-electron chi connectivity index (χ3n) is 2.25. The molecule has 92 valence electrons. The number of aliphatic carboxylic acids is 1. The molecule has 0 saturated carbocycles. The fraction of sp³-hybridized carbons (Fsp3) is 0.333. The molecule has 0 radical (unpaired) electrons. The fourth-order valence-corrected chi connectivity index (χ4v) is 1.36. The molecular formula is C12H15NO4. The number of carbonyl (C=O) groups is 2. The number of aromatic hydroxyl groups is 1. The van der Waals surface area contributed by atoms with Gasteiger partial charge in [0.1, 0.15) is 5.75 Å². The Bertz CT molecular complexity index is 403. The van der Waals surface area contributed by atoms with Gasteiger partial charge < -0.3 is 15.5 Å². The summed E-state index contributed by atoms with van der Waals surface area (Å²) in [5, 5.41) is 20.5. The summed E-state index contributed by atoms with van der Waals surface area (Å²) in [6.45, 7) is 0.403. The molecule has 5 nitrogen and oxygen atoms in total.